The molecule has 0 aliphatic heterocycles. The lowest BCUT2D eigenvalue weighted by Crippen LogP contribution is -1.88. The largest absolute Gasteiger partial charge is 0.331 e. The normalized spacial score (nSPS) is 11.1. The molecule has 0 saturated heterocycles. The van der Waals surface area contributed by atoms with E-state index in [0.717, 1.165) is 26.8 Å². The summed E-state index contributed by atoms with van der Waals surface area (Å²) >= 11 is 1.38. The van der Waals surface area contributed by atoms with E-state index in [1.165, 1.54) is 23.5 Å². The number of fused-ring (bicyclic) bond motifs is 2. The number of aromatic amines is 1. The quantitative estimate of drug-likeness (QED) is 0.443. The highest BCUT2D eigenvalue weighted by Gasteiger charge is 2.10. The van der Waals surface area contributed by atoms with Crippen molar-refractivity contribution in [3.63, 3.8) is 0 Å². The molecule has 2 aromatic carbocycles. The molecule has 0 spiro atoms. The van der Waals surface area contributed by atoms with E-state index in [4.69, 9.17) is 0 Å². The molecule has 8 heteroatoms. The van der Waals surface area contributed by atoms with Gasteiger partial charge >= 0.3 is 0 Å². The zero-order valence-corrected chi connectivity index (χ0v) is 11.9. The number of anilines is 2. The standard InChI is InChI=1S/C14H9N5O2S/c20-19(21)10-2-4-12-13(6-10)22-14(17-12)16-9-1-3-11-8(5-9)7-15-18-11/h1-7H,(H,15,18)(H,16,17). The smallest absolute Gasteiger partial charge is 0.270 e. The third kappa shape index (κ3) is 2.15. The van der Waals surface area contributed by atoms with Crippen molar-refractivity contribution in [3.05, 3.63) is 52.7 Å². The van der Waals surface area contributed by atoms with Crippen LogP contribution in [0.2, 0.25) is 0 Å². The van der Waals surface area contributed by atoms with Gasteiger partial charge in [-0.1, -0.05) is 11.3 Å². The number of aromatic nitrogens is 3. The van der Waals surface area contributed by atoms with Crippen LogP contribution >= 0.6 is 11.3 Å². The highest BCUT2D eigenvalue weighted by Crippen LogP contribution is 2.31. The Bertz CT molecular complexity index is 1010. The molecule has 0 fully saturated rings. The number of non-ortho nitro benzene ring substituents is 1. The van der Waals surface area contributed by atoms with Crippen molar-refractivity contribution in [1.82, 2.24) is 15.2 Å². The Balaban J connectivity index is 1.69. The summed E-state index contributed by atoms with van der Waals surface area (Å²) in [5.74, 6) is 0. The SMILES string of the molecule is O=[N+]([O-])c1ccc2nc(Nc3ccc4[nH]ncc4c3)sc2c1. The average molecular weight is 311 g/mol. The van der Waals surface area contributed by atoms with E-state index >= 15 is 0 Å². The van der Waals surface area contributed by atoms with Gasteiger partial charge in [-0.05, 0) is 24.3 Å². The average Bonchev–Trinajstić information content (AvgIpc) is 3.11. The molecule has 22 heavy (non-hydrogen) atoms. The fourth-order valence-corrected chi connectivity index (χ4v) is 3.14. The molecule has 4 aromatic rings. The van der Waals surface area contributed by atoms with Crippen LogP contribution < -0.4 is 5.32 Å². The van der Waals surface area contributed by atoms with Crippen LogP contribution in [0, 0.1) is 10.1 Å². The van der Waals surface area contributed by atoms with Gasteiger partial charge in [0.2, 0.25) is 0 Å². The van der Waals surface area contributed by atoms with E-state index in [-0.39, 0.29) is 5.69 Å². The van der Waals surface area contributed by atoms with Gasteiger partial charge in [-0.25, -0.2) is 4.98 Å². The van der Waals surface area contributed by atoms with Crippen molar-refractivity contribution in [1.29, 1.82) is 0 Å². The Morgan fingerprint density at radius 3 is 3.00 bits per heavy atom. The van der Waals surface area contributed by atoms with E-state index < -0.39 is 4.92 Å². The topological polar surface area (TPSA) is 96.7 Å². The number of hydrogen-bond acceptors (Lipinski definition) is 6. The lowest BCUT2D eigenvalue weighted by atomic mass is 10.2. The summed E-state index contributed by atoms with van der Waals surface area (Å²) in [6.07, 6.45) is 1.75. The number of thiazole rings is 1. The van der Waals surface area contributed by atoms with Crippen LogP contribution in [-0.2, 0) is 0 Å². The summed E-state index contributed by atoms with van der Waals surface area (Å²) in [5.41, 5.74) is 2.66. The lowest BCUT2D eigenvalue weighted by molar-refractivity contribution is -0.384. The van der Waals surface area contributed by atoms with E-state index in [9.17, 15) is 10.1 Å². The molecule has 7 nitrogen and oxygen atoms in total. The van der Waals surface area contributed by atoms with Gasteiger partial charge in [0.15, 0.2) is 5.13 Å². The molecule has 0 unspecified atom stereocenters. The fraction of sp³-hybridized carbons (Fsp3) is 0. The molecule has 0 radical (unpaired) electrons. The molecule has 108 valence electrons. The summed E-state index contributed by atoms with van der Waals surface area (Å²) in [6, 6.07) is 10.5. The van der Waals surface area contributed by atoms with Gasteiger partial charge in [0.25, 0.3) is 5.69 Å². The molecule has 2 heterocycles. The molecule has 0 atom stereocenters. The highest BCUT2D eigenvalue weighted by molar-refractivity contribution is 7.22. The molecule has 0 bridgehead atoms. The first-order valence-corrected chi connectivity index (χ1v) is 7.26. The second-order valence-corrected chi connectivity index (χ2v) is 5.76. The minimum atomic E-state index is -0.404. The maximum absolute atomic E-state index is 10.8. The van der Waals surface area contributed by atoms with Gasteiger partial charge in [-0.2, -0.15) is 5.10 Å². The minimum Gasteiger partial charge on any atom is -0.331 e. The molecular formula is C14H9N5O2S. The molecule has 0 aliphatic rings. The van der Waals surface area contributed by atoms with E-state index in [1.807, 2.05) is 18.2 Å². The molecule has 2 aromatic heterocycles. The number of rotatable bonds is 3. The van der Waals surface area contributed by atoms with Crippen LogP contribution in [0.25, 0.3) is 21.1 Å². The summed E-state index contributed by atoms with van der Waals surface area (Å²) in [6.45, 7) is 0. The van der Waals surface area contributed by atoms with Gasteiger partial charge in [-0.15, -0.1) is 0 Å². The fourth-order valence-electron chi connectivity index (χ4n) is 2.22. The second kappa shape index (κ2) is 4.78. The van der Waals surface area contributed by atoms with E-state index in [1.54, 1.807) is 12.3 Å². The zero-order valence-electron chi connectivity index (χ0n) is 11.1. The maximum atomic E-state index is 10.8. The van der Waals surface area contributed by atoms with Crippen LogP contribution in [0.4, 0.5) is 16.5 Å². The molecule has 0 saturated carbocycles. The second-order valence-electron chi connectivity index (χ2n) is 4.73. The number of hydrogen-bond donors (Lipinski definition) is 2. The molecule has 0 aliphatic carbocycles. The van der Waals surface area contributed by atoms with Crippen LogP contribution in [0.15, 0.2) is 42.6 Å². The summed E-state index contributed by atoms with van der Waals surface area (Å²) in [4.78, 5) is 14.8. The van der Waals surface area contributed by atoms with E-state index in [0.29, 0.717) is 5.13 Å². The maximum Gasteiger partial charge on any atom is 0.270 e. The van der Waals surface area contributed by atoms with Gasteiger partial charge < -0.3 is 5.32 Å². The number of nitrogens with zero attached hydrogens (tertiary/aromatic N) is 3. The first-order chi connectivity index (χ1) is 10.7. The van der Waals surface area contributed by atoms with Crippen molar-refractivity contribution >= 4 is 49.0 Å². The Labute approximate surface area is 127 Å². The van der Waals surface area contributed by atoms with Crippen molar-refractivity contribution in [3.8, 4) is 0 Å². The van der Waals surface area contributed by atoms with E-state index in [2.05, 4.69) is 20.5 Å². The van der Waals surface area contributed by atoms with Crippen LogP contribution in [0.3, 0.4) is 0 Å². The van der Waals surface area contributed by atoms with Gasteiger partial charge in [0.1, 0.15) is 0 Å². The molecule has 4 rings (SSSR count). The molecular weight excluding hydrogens is 302 g/mol. The lowest BCUT2D eigenvalue weighted by Gasteiger charge is -2.01. The van der Waals surface area contributed by atoms with Gasteiger partial charge in [0.05, 0.1) is 26.9 Å². The summed E-state index contributed by atoms with van der Waals surface area (Å²) in [7, 11) is 0. The summed E-state index contributed by atoms with van der Waals surface area (Å²) < 4.78 is 0.779. The van der Waals surface area contributed by atoms with Crippen molar-refractivity contribution < 1.29 is 4.92 Å². The Hall–Kier alpha value is -3.00. The number of nitrogens with one attached hydrogen (secondary N) is 2. The predicted octanol–water partition coefficient (Wildman–Crippen LogP) is 3.82. The number of nitro benzene ring substituents is 1. The number of H-pyrrole nitrogens is 1. The summed E-state index contributed by atoms with van der Waals surface area (Å²) in [5, 5.41) is 22.6. The molecule has 0 amide bonds. The first-order valence-electron chi connectivity index (χ1n) is 6.44. The Morgan fingerprint density at radius 2 is 2.14 bits per heavy atom. The third-order valence-electron chi connectivity index (χ3n) is 3.27. The van der Waals surface area contributed by atoms with Crippen molar-refractivity contribution in [2.45, 2.75) is 0 Å². The number of nitro groups is 1. The van der Waals surface area contributed by atoms with Crippen molar-refractivity contribution in [2.24, 2.45) is 0 Å². The highest BCUT2D eigenvalue weighted by atomic mass is 32.1. The predicted molar refractivity (Wildman–Crippen MR) is 85.7 cm³/mol. The monoisotopic (exact) mass is 311 g/mol. The molecule has 2 N–H and O–H groups in total. The Kier molecular flexibility index (Phi) is 2.76. The van der Waals surface area contributed by atoms with Crippen LogP contribution in [0.1, 0.15) is 0 Å². The number of benzene rings is 2. The van der Waals surface area contributed by atoms with Gasteiger partial charge in [0, 0.05) is 23.2 Å². The minimum absolute atomic E-state index is 0.0718. The third-order valence-corrected chi connectivity index (χ3v) is 4.21. The van der Waals surface area contributed by atoms with Crippen LogP contribution in [-0.4, -0.2) is 20.1 Å². The zero-order chi connectivity index (χ0) is 15.1. The van der Waals surface area contributed by atoms with Crippen molar-refractivity contribution in [2.75, 3.05) is 5.32 Å². The van der Waals surface area contributed by atoms with Gasteiger partial charge in [-0.3, -0.25) is 15.2 Å². The first kappa shape index (κ1) is 12.7. The Morgan fingerprint density at radius 1 is 1.23 bits per heavy atom. The van der Waals surface area contributed by atoms with Crippen LogP contribution in [0.5, 0.6) is 0 Å².